The second-order valence-corrected chi connectivity index (χ2v) is 4.45. The quantitative estimate of drug-likeness (QED) is 0.679. The minimum Gasteiger partial charge on any atom is -0.300 e. The zero-order valence-corrected chi connectivity index (χ0v) is 10.6. The number of hydrogen-bond donors (Lipinski definition) is 0. The molecule has 2 aromatic rings. The second-order valence-electron chi connectivity index (χ2n) is 4.45. The van der Waals surface area contributed by atoms with Crippen molar-refractivity contribution in [2.45, 2.75) is 25.3 Å². The molecule has 0 spiro atoms. The fourth-order valence-electron chi connectivity index (χ4n) is 2.43. The van der Waals surface area contributed by atoms with Crippen LogP contribution in [0, 0.1) is 6.57 Å². The second kappa shape index (κ2) is 5.51. The highest BCUT2D eigenvalue weighted by molar-refractivity contribution is 5.41. The molecule has 0 aliphatic carbocycles. The Labute approximate surface area is 109 Å². The standard InChI is InChI=1S/C17H17N/c1-3-14-17(18-2,15-10-6-4-7-11-15)16-12-8-5-9-13-16/h4-13H,3,14H2,1H3. The van der Waals surface area contributed by atoms with Gasteiger partial charge in [-0.3, -0.25) is 4.85 Å². The van der Waals surface area contributed by atoms with Crippen molar-refractivity contribution < 1.29 is 0 Å². The molecule has 2 aromatic carbocycles. The molecule has 0 radical (unpaired) electrons. The van der Waals surface area contributed by atoms with E-state index in [9.17, 15) is 0 Å². The van der Waals surface area contributed by atoms with Crippen LogP contribution in [-0.2, 0) is 5.54 Å². The molecule has 0 atom stereocenters. The molecule has 0 aliphatic rings. The first-order valence-electron chi connectivity index (χ1n) is 6.33. The number of benzene rings is 2. The Morgan fingerprint density at radius 3 is 1.67 bits per heavy atom. The number of nitrogens with zero attached hydrogens (tertiary/aromatic N) is 1. The highest BCUT2D eigenvalue weighted by Crippen LogP contribution is 2.38. The summed E-state index contributed by atoms with van der Waals surface area (Å²) in [5.41, 5.74) is 1.65. The third-order valence-electron chi connectivity index (χ3n) is 3.31. The largest absolute Gasteiger partial charge is 0.300 e. The molecule has 0 unspecified atom stereocenters. The highest BCUT2D eigenvalue weighted by atomic mass is 14.8. The third kappa shape index (κ3) is 2.15. The minimum atomic E-state index is -0.530. The van der Waals surface area contributed by atoms with Crippen molar-refractivity contribution in [1.82, 2.24) is 0 Å². The molecule has 0 N–H and O–H groups in total. The van der Waals surface area contributed by atoms with Crippen molar-refractivity contribution in [3.05, 3.63) is 83.2 Å². The molecule has 1 heteroatoms. The molecule has 0 aliphatic heterocycles. The van der Waals surface area contributed by atoms with Crippen molar-refractivity contribution in [2.24, 2.45) is 0 Å². The Morgan fingerprint density at radius 1 is 0.889 bits per heavy atom. The molecule has 0 amide bonds. The molecular weight excluding hydrogens is 218 g/mol. The maximum atomic E-state index is 7.71. The topological polar surface area (TPSA) is 4.36 Å². The molecule has 0 saturated heterocycles. The van der Waals surface area contributed by atoms with E-state index in [0.29, 0.717) is 0 Å². The van der Waals surface area contributed by atoms with Crippen LogP contribution in [0.5, 0.6) is 0 Å². The van der Waals surface area contributed by atoms with Crippen LogP contribution >= 0.6 is 0 Å². The SMILES string of the molecule is [C-]#[N+]C(CCC)(c1ccccc1)c1ccccc1. The van der Waals surface area contributed by atoms with Crippen LogP contribution in [-0.4, -0.2) is 0 Å². The van der Waals surface area contributed by atoms with Gasteiger partial charge in [-0.1, -0.05) is 67.6 Å². The maximum absolute atomic E-state index is 7.71. The van der Waals surface area contributed by atoms with Crippen molar-refractivity contribution in [1.29, 1.82) is 0 Å². The first-order valence-corrected chi connectivity index (χ1v) is 6.33. The molecule has 0 saturated carbocycles. The van der Waals surface area contributed by atoms with Crippen molar-refractivity contribution in [3.63, 3.8) is 0 Å². The van der Waals surface area contributed by atoms with Gasteiger partial charge in [0.1, 0.15) is 0 Å². The van der Waals surface area contributed by atoms with Gasteiger partial charge in [0.2, 0.25) is 0 Å². The Kier molecular flexibility index (Phi) is 3.79. The van der Waals surface area contributed by atoms with Crippen LogP contribution < -0.4 is 0 Å². The van der Waals surface area contributed by atoms with Crippen molar-refractivity contribution in [3.8, 4) is 0 Å². The van der Waals surface area contributed by atoms with Gasteiger partial charge in [-0.2, -0.15) is 0 Å². The normalized spacial score (nSPS) is 10.9. The summed E-state index contributed by atoms with van der Waals surface area (Å²) in [5.74, 6) is 0. The van der Waals surface area contributed by atoms with E-state index in [1.807, 2.05) is 36.4 Å². The number of rotatable bonds is 4. The van der Waals surface area contributed by atoms with E-state index in [-0.39, 0.29) is 0 Å². The molecule has 0 bridgehead atoms. The summed E-state index contributed by atoms with van der Waals surface area (Å²) in [7, 11) is 0. The maximum Gasteiger partial charge on any atom is 0.282 e. The van der Waals surface area contributed by atoms with Gasteiger partial charge in [0.15, 0.2) is 0 Å². The van der Waals surface area contributed by atoms with Gasteiger partial charge in [-0.25, -0.2) is 6.57 Å². The van der Waals surface area contributed by atoms with Crippen LogP contribution in [0.3, 0.4) is 0 Å². The zero-order chi connectivity index (χ0) is 12.8. The van der Waals surface area contributed by atoms with E-state index in [1.165, 1.54) is 0 Å². The van der Waals surface area contributed by atoms with Crippen LogP contribution in [0.1, 0.15) is 30.9 Å². The summed E-state index contributed by atoms with van der Waals surface area (Å²) in [5, 5.41) is 0. The average molecular weight is 235 g/mol. The summed E-state index contributed by atoms with van der Waals surface area (Å²) in [6.07, 6.45) is 1.84. The third-order valence-corrected chi connectivity index (χ3v) is 3.31. The van der Waals surface area contributed by atoms with E-state index in [0.717, 1.165) is 24.0 Å². The molecule has 90 valence electrons. The van der Waals surface area contributed by atoms with Crippen LogP contribution in [0.2, 0.25) is 0 Å². The fourth-order valence-corrected chi connectivity index (χ4v) is 2.43. The van der Waals surface area contributed by atoms with Gasteiger partial charge in [0, 0.05) is 17.5 Å². The molecule has 1 nitrogen and oxygen atoms in total. The van der Waals surface area contributed by atoms with E-state index in [4.69, 9.17) is 6.57 Å². The van der Waals surface area contributed by atoms with Crippen molar-refractivity contribution >= 4 is 0 Å². The predicted octanol–water partition coefficient (Wildman–Crippen LogP) is 4.65. The first kappa shape index (κ1) is 12.4. The molecule has 2 rings (SSSR count). The Balaban J connectivity index is 2.58. The van der Waals surface area contributed by atoms with Crippen molar-refractivity contribution in [2.75, 3.05) is 0 Å². The van der Waals surface area contributed by atoms with Gasteiger partial charge in [-0.05, 0) is 6.42 Å². The summed E-state index contributed by atoms with van der Waals surface area (Å²) in [6, 6.07) is 20.2. The summed E-state index contributed by atoms with van der Waals surface area (Å²) < 4.78 is 0. The molecular formula is C17H17N. The monoisotopic (exact) mass is 235 g/mol. The Hall–Kier alpha value is -2.07. The van der Waals surface area contributed by atoms with Crippen LogP contribution in [0.4, 0.5) is 0 Å². The Morgan fingerprint density at radius 2 is 1.33 bits per heavy atom. The first-order chi connectivity index (χ1) is 8.83. The van der Waals surface area contributed by atoms with E-state index in [1.54, 1.807) is 0 Å². The van der Waals surface area contributed by atoms with Gasteiger partial charge < -0.3 is 0 Å². The summed E-state index contributed by atoms with van der Waals surface area (Å²) in [4.78, 5) is 4.00. The lowest BCUT2D eigenvalue weighted by atomic mass is 9.80. The molecule has 18 heavy (non-hydrogen) atoms. The van der Waals surface area contributed by atoms with Crippen LogP contribution in [0.15, 0.2) is 60.7 Å². The Bertz CT molecular complexity index is 483. The fraction of sp³-hybridized carbons (Fsp3) is 0.235. The van der Waals surface area contributed by atoms with Gasteiger partial charge in [0.25, 0.3) is 5.54 Å². The molecule has 0 aromatic heterocycles. The molecule has 0 fully saturated rings. The lowest BCUT2D eigenvalue weighted by Gasteiger charge is -2.22. The average Bonchev–Trinajstić information content (AvgIpc) is 2.47. The summed E-state index contributed by atoms with van der Waals surface area (Å²) in [6.45, 7) is 9.84. The van der Waals surface area contributed by atoms with Gasteiger partial charge >= 0.3 is 0 Å². The van der Waals surface area contributed by atoms with E-state index >= 15 is 0 Å². The zero-order valence-electron chi connectivity index (χ0n) is 10.6. The summed E-state index contributed by atoms with van der Waals surface area (Å²) >= 11 is 0. The van der Waals surface area contributed by atoms with E-state index in [2.05, 4.69) is 36.0 Å². The van der Waals surface area contributed by atoms with Gasteiger partial charge in [-0.15, -0.1) is 0 Å². The molecule has 0 heterocycles. The minimum absolute atomic E-state index is 0.530. The predicted molar refractivity (Wildman–Crippen MR) is 75.2 cm³/mol. The lowest BCUT2D eigenvalue weighted by Crippen LogP contribution is -2.23. The smallest absolute Gasteiger partial charge is 0.282 e. The lowest BCUT2D eigenvalue weighted by molar-refractivity contribution is 0.565. The highest BCUT2D eigenvalue weighted by Gasteiger charge is 2.39. The number of hydrogen-bond acceptors (Lipinski definition) is 0. The van der Waals surface area contributed by atoms with Gasteiger partial charge in [0.05, 0.1) is 0 Å². The van der Waals surface area contributed by atoms with E-state index < -0.39 is 5.54 Å². The van der Waals surface area contributed by atoms with Crippen LogP contribution in [0.25, 0.3) is 4.85 Å².